The van der Waals surface area contributed by atoms with Gasteiger partial charge in [-0.15, -0.1) is 0 Å². The zero-order valence-corrected chi connectivity index (χ0v) is 12.9. The highest BCUT2D eigenvalue weighted by Gasteiger charge is 2.15. The van der Waals surface area contributed by atoms with Crippen molar-refractivity contribution in [3.05, 3.63) is 24.2 Å². The number of carbonyl (C=O) groups is 1. The molecule has 0 saturated heterocycles. The van der Waals surface area contributed by atoms with Crippen molar-refractivity contribution in [2.24, 2.45) is 0 Å². The maximum absolute atomic E-state index is 11.4. The maximum atomic E-state index is 11.4. The van der Waals surface area contributed by atoms with Gasteiger partial charge in [0.25, 0.3) is 0 Å². The van der Waals surface area contributed by atoms with Crippen LogP contribution in [-0.2, 0) is 11.2 Å². The van der Waals surface area contributed by atoms with Gasteiger partial charge in [0.05, 0.1) is 6.26 Å². The number of hydrogen-bond donors (Lipinski definition) is 2. The highest BCUT2D eigenvalue weighted by atomic mass is 16.6. The molecule has 5 nitrogen and oxygen atoms in total. The lowest BCUT2D eigenvalue weighted by atomic mass is 10.2. The Labute approximate surface area is 121 Å². The molecule has 0 bridgehead atoms. The van der Waals surface area contributed by atoms with Gasteiger partial charge in [0, 0.05) is 19.0 Å². The molecule has 0 aliphatic carbocycles. The van der Waals surface area contributed by atoms with E-state index in [0.717, 1.165) is 25.1 Å². The molecule has 5 heteroatoms. The zero-order chi connectivity index (χ0) is 15.0. The average Bonchev–Trinajstić information content (AvgIpc) is 2.78. The van der Waals surface area contributed by atoms with E-state index in [-0.39, 0.29) is 6.09 Å². The molecule has 0 spiro atoms. The van der Waals surface area contributed by atoms with Crippen LogP contribution >= 0.6 is 0 Å². The first-order valence-electron chi connectivity index (χ1n) is 7.09. The number of hydrogen-bond acceptors (Lipinski definition) is 4. The van der Waals surface area contributed by atoms with E-state index in [1.54, 1.807) is 6.26 Å². The molecule has 0 saturated carbocycles. The standard InChI is InChI=1S/C15H26N2O3/c1-12(11-13-7-5-10-19-13)16-8-6-9-17-14(18)20-15(2,3)4/h5,7,10,12,16H,6,8-9,11H2,1-4H3,(H,17,18). The molecular formula is C15H26N2O3. The van der Waals surface area contributed by atoms with Gasteiger partial charge < -0.3 is 19.8 Å². The summed E-state index contributed by atoms with van der Waals surface area (Å²) in [5, 5.41) is 6.13. The zero-order valence-electron chi connectivity index (χ0n) is 12.9. The minimum absolute atomic E-state index is 0.350. The first-order valence-corrected chi connectivity index (χ1v) is 7.09. The normalized spacial score (nSPS) is 13.0. The van der Waals surface area contributed by atoms with E-state index >= 15 is 0 Å². The third kappa shape index (κ3) is 7.84. The Hall–Kier alpha value is -1.49. The molecule has 20 heavy (non-hydrogen) atoms. The Bertz CT molecular complexity index is 382. The summed E-state index contributed by atoms with van der Waals surface area (Å²) in [5.41, 5.74) is -0.445. The molecule has 1 aromatic rings. The third-order valence-corrected chi connectivity index (χ3v) is 2.60. The van der Waals surface area contributed by atoms with Gasteiger partial charge in [-0.05, 0) is 52.8 Å². The molecule has 0 aliphatic rings. The van der Waals surface area contributed by atoms with Crippen molar-refractivity contribution in [1.29, 1.82) is 0 Å². The van der Waals surface area contributed by atoms with Crippen LogP contribution in [0, 0.1) is 0 Å². The second-order valence-corrected chi connectivity index (χ2v) is 5.92. The first kappa shape index (κ1) is 16.6. The minimum atomic E-state index is -0.445. The lowest BCUT2D eigenvalue weighted by Crippen LogP contribution is -2.35. The number of ether oxygens (including phenoxy) is 1. The Morgan fingerprint density at radius 1 is 1.40 bits per heavy atom. The fourth-order valence-electron chi connectivity index (χ4n) is 1.74. The predicted octanol–water partition coefficient (Wildman–Crippen LogP) is 2.72. The van der Waals surface area contributed by atoms with E-state index in [9.17, 15) is 4.79 Å². The van der Waals surface area contributed by atoms with Crippen molar-refractivity contribution in [2.45, 2.75) is 52.2 Å². The molecular weight excluding hydrogens is 256 g/mol. The van der Waals surface area contributed by atoms with E-state index in [1.165, 1.54) is 0 Å². The molecule has 1 rings (SSSR count). The molecule has 1 aromatic heterocycles. The fourth-order valence-corrected chi connectivity index (χ4v) is 1.74. The quantitative estimate of drug-likeness (QED) is 0.755. The van der Waals surface area contributed by atoms with Crippen molar-refractivity contribution in [3.8, 4) is 0 Å². The Morgan fingerprint density at radius 3 is 2.75 bits per heavy atom. The van der Waals surface area contributed by atoms with Crippen LogP contribution in [0.2, 0.25) is 0 Å². The van der Waals surface area contributed by atoms with Gasteiger partial charge >= 0.3 is 6.09 Å². The van der Waals surface area contributed by atoms with Gasteiger partial charge in [0.15, 0.2) is 0 Å². The molecule has 0 fully saturated rings. The van der Waals surface area contributed by atoms with Crippen LogP contribution < -0.4 is 10.6 Å². The summed E-state index contributed by atoms with van der Waals surface area (Å²) in [7, 11) is 0. The third-order valence-electron chi connectivity index (χ3n) is 2.60. The van der Waals surface area contributed by atoms with Gasteiger partial charge in [-0.2, -0.15) is 0 Å². The molecule has 114 valence electrons. The molecule has 2 N–H and O–H groups in total. The number of amides is 1. The van der Waals surface area contributed by atoms with Crippen molar-refractivity contribution in [2.75, 3.05) is 13.1 Å². The number of alkyl carbamates (subject to hydrolysis) is 1. The first-order chi connectivity index (χ1) is 9.37. The number of furan rings is 1. The molecule has 0 aromatic carbocycles. The van der Waals surface area contributed by atoms with E-state index in [0.29, 0.717) is 12.6 Å². The van der Waals surface area contributed by atoms with Gasteiger partial charge in [0.1, 0.15) is 11.4 Å². The summed E-state index contributed by atoms with van der Waals surface area (Å²) in [6.07, 6.45) is 3.06. The number of carbonyl (C=O) groups excluding carboxylic acids is 1. The molecule has 0 radical (unpaired) electrons. The molecule has 1 heterocycles. The van der Waals surface area contributed by atoms with Crippen LogP contribution in [0.5, 0.6) is 0 Å². The van der Waals surface area contributed by atoms with Crippen molar-refractivity contribution >= 4 is 6.09 Å². The second kappa shape index (κ2) is 7.94. The monoisotopic (exact) mass is 282 g/mol. The van der Waals surface area contributed by atoms with E-state index < -0.39 is 5.60 Å². The van der Waals surface area contributed by atoms with Crippen LogP contribution in [0.25, 0.3) is 0 Å². The molecule has 1 atom stereocenters. The Morgan fingerprint density at radius 2 is 2.15 bits per heavy atom. The van der Waals surface area contributed by atoms with Gasteiger partial charge in [0.2, 0.25) is 0 Å². The summed E-state index contributed by atoms with van der Waals surface area (Å²) < 4.78 is 10.4. The van der Waals surface area contributed by atoms with Crippen molar-refractivity contribution < 1.29 is 13.9 Å². The highest BCUT2D eigenvalue weighted by Crippen LogP contribution is 2.06. The fraction of sp³-hybridized carbons (Fsp3) is 0.667. The van der Waals surface area contributed by atoms with Crippen LogP contribution in [0.3, 0.4) is 0 Å². The lowest BCUT2D eigenvalue weighted by Gasteiger charge is -2.19. The second-order valence-electron chi connectivity index (χ2n) is 5.92. The molecule has 1 amide bonds. The summed E-state index contributed by atoms with van der Waals surface area (Å²) >= 11 is 0. The van der Waals surface area contributed by atoms with E-state index in [4.69, 9.17) is 9.15 Å². The smallest absolute Gasteiger partial charge is 0.407 e. The maximum Gasteiger partial charge on any atom is 0.407 e. The van der Waals surface area contributed by atoms with Crippen LogP contribution in [0.15, 0.2) is 22.8 Å². The molecule has 0 aliphatic heterocycles. The van der Waals surface area contributed by atoms with Gasteiger partial charge in [-0.3, -0.25) is 0 Å². The average molecular weight is 282 g/mol. The summed E-state index contributed by atoms with van der Waals surface area (Å²) in [5.74, 6) is 0.983. The SMILES string of the molecule is CC(Cc1ccco1)NCCCNC(=O)OC(C)(C)C. The van der Waals surface area contributed by atoms with Crippen molar-refractivity contribution in [3.63, 3.8) is 0 Å². The lowest BCUT2D eigenvalue weighted by molar-refractivity contribution is 0.0527. The Kier molecular flexibility index (Phi) is 6.58. The van der Waals surface area contributed by atoms with Crippen LogP contribution in [0.1, 0.15) is 39.9 Å². The predicted molar refractivity (Wildman–Crippen MR) is 78.7 cm³/mol. The minimum Gasteiger partial charge on any atom is -0.469 e. The van der Waals surface area contributed by atoms with Gasteiger partial charge in [-0.25, -0.2) is 4.79 Å². The molecule has 1 unspecified atom stereocenters. The highest BCUT2D eigenvalue weighted by molar-refractivity contribution is 5.67. The van der Waals surface area contributed by atoms with E-state index in [1.807, 2.05) is 32.9 Å². The topological polar surface area (TPSA) is 63.5 Å². The van der Waals surface area contributed by atoms with Crippen LogP contribution in [0.4, 0.5) is 4.79 Å². The Balaban J connectivity index is 2.03. The summed E-state index contributed by atoms with van der Waals surface area (Å²) in [6.45, 7) is 9.12. The van der Waals surface area contributed by atoms with E-state index in [2.05, 4.69) is 17.6 Å². The van der Waals surface area contributed by atoms with Crippen molar-refractivity contribution in [1.82, 2.24) is 10.6 Å². The number of rotatable bonds is 7. The largest absolute Gasteiger partial charge is 0.469 e. The number of nitrogens with one attached hydrogen (secondary N) is 2. The van der Waals surface area contributed by atoms with Gasteiger partial charge in [-0.1, -0.05) is 0 Å². The summed E-state index contributed by atoms with van der Waals surface area (Å²) in [6, 6.07) is 4.22. The van der Waals surface area contributed by atoms with Crippen LogP contribution in [-0.4, -0.2) is 30.8 Å². The summed E-state index contributed by atoms with van der Waals surface area (Å²) in [4.78, 5) is 11.4.